The maximum Gasteiger partial charge on any atom is 0.272 e. The summed E-state index contributed by atoms with van der Waals surface area (Å²) in [5, 5.41) is 9.64. The minimum Gasteiger partial charge on any atom is -0.338 e. The lowest BCUT2D eigenvalue weighted by Gasteiger charge is -2.27. The molecular formula is C16H16ClN5O. The number of hydrogen-bond acceptors (Lipinski definition) is 3. The molecule has 4 rings (SSSR count). The number of rotatable bonds is 1. The van der Waals surface area contributed by atoms with E-state index < -0.39 is 0 Å². The summed E-state index contributed by atoms with van der Waals surface area (Å²) >= 11 is 6.48. The standard InChI is InChI=1S/C16H16ClN5O/c1-10-18-19-13-9-21(7-8-22(10)13)16(23)15-14(17)11-5-3-4-6-12(11)20(15)2/h3-6H,7-9H2,1-2H3. The third-order valence-electron chi connectivity index (χ3n) is 4.47. The monoisotopic (exact) mass is 329 g/mol. The highest BCUT2D eigenvalue weighted by atomic mass is 35.5. The average Bonchev–Trinajstić information content (AvgIpc) is 3.06. The van der Waals surface area contributed by atoms with Gasteiger partial charge in [-0.15, -0.1) is 10.2 Å². The SMILES string of the molecule is Cc1nnc2n1CCN(C(=O)c1c(Cl)c3ccccc3n1C)C2. The molecule has 6 nitrogen and oxygen atoms in total. The third kappa shape index (κ3) is 2.05. The highest BCUT2D eigenvalue weighted by Crippen LogP contribution is 2.31. The molecule has 1 aromatic carbocycles. The van der Waals surface area contributed by atoms with Gasteiger partial charge < -0.3 is 14.0 Å². The zero-order valence-electron chi connectivity index (χ0n) is 13.0. The Labute approximate surface area is 138 Å². The second-order valence-corrected chi connectivity index (χ2v) is 6.16. The molecule has 3 heterocycles. The molecule has 0 radical (unpaired) electrons. The molecule has 0 unspecified atom stereocenters. The van der Waals surface area contributed by atoms with Crippen LogP contribution in [-0.4, -0.2) is 36.7 Å². The number of hydrogen-bond donors (Lipinski definition) is 0. The Morgan fingerprint density at radius 2 is 2.00 bits per heavy atom. The predicted octanol–water partition coefficient (Wildman–Crippen LogP) is 2.39. The molecule has 0 spiro atoms. The van der Waals surface area contributed by atoms with Crippen LogP contribution in [0.1, 0.15) is 22.1 Å². The van der Waals surface area contributed by atoms with Crippen molar-refractivity contribution in [3.63, 3.8) is 0 Å². The molecule has 118 valence electrons. The number of aromatic nitrogens is 4. The number of carbonyl (C=O) groups excluding carboxylic acids is 1. The summed E-state index contributed by atoms with van der Waals surface area (Å²) in [6.45, 7) is 3.72. The number of fused-ring (bicyclic) bond motifs is 2. The number of aryl methyl sites for hydroxylation is 2. The fourth-order valence-corrected chi connectivity index (χ4v) is 3.58. The first-order valence-electron chi connectivity index (χ1n) is 7.49. The molecule has 0 fully saturated rings. The fourth-order valence-electron chi connectivity index (χ4n) is 3.21. The number of para-hydroxylation sites is 1. The van der Waals surface area contributed by atoms with Crippen molar-refractivity contribution in [1.29, 1.82) is 0 Å². The molecule has 0 bridgehead atoms. The Hall–Kier alpha value is -2.34. The lowest BCUT2D eigenvalue weighted by molar-refractivity contribution is 0.0697. The summed E-state index contributed by atoms with van der Waals surface area (Å²) < 4.78 is 3.91. The van der Waals surface area contributed by atoms with Crippen LogP contribution in [-0.2, 0) is 20.1 Å². The van der Waals surface area contributed by atoms with Gasteiger partial charge in [-0.25, -0.2) is 0 Å². The van der Waals surface area contributed by atoms with Crippen molar-refractivity contribution in [1.82, 2.24) is 24.2 Å². The Kier molecular flexibility index (Phi) is 3.16. The molecule has 0 saturated carbocycles. The summed E-state index contributed by atoms with van der Waals surface area (Å²) in [5.74, 6) is 1.63. The highest BCUT2D eigenvalue weighted by Gasteiger charge is 2.28. The van der Waals surface area contributed by atoms with E-state index in [9.17, 15) is 4.79 Å². The summed E-state index contributed by atoms with van der Waals surface area (Å²) in [5.41, 5.74) is 1.48. The molecule has 1 aliphatic rings. The van der Waals surface area contributed by atoms with Crippen molar-refractivity contribution in [2.45, 2.75) is 20.0 Å². The van der Waals surface area contributed by atoms with E-state index >= 15 is 0 Å². The van der Waals surface area contributed by atoms with Gasteiger partial charge in [0.1, 0.15) is 11.5 Å². The molecule has 1 amide bonds. The van der Waals surface area contributed by atoms with Crippen molar-refractivity contribution in [3.8, 4) is 0 Å². The highest BCUT2D eigenvalue weighted by molar-refractivity contribution is 6.38. The summed E-state index contributed by atoms with van der Waals surface area (Å²) in [4.78, 5) is 14.8. The molecule has 0 N–H and O–H groups in total. The van der Waals surface area contributed by atoms with Crippen LogP contribution in [0.25, 0.3) is 10.9 Å². The van der Waals surface area contributed by atoms with Gasteiger partial charge in [0.05, 0.1) is 11.6 Å². The van der Waals surface area contributed by atoms with E-state index in [-0.39, 0.29) is 5.91 Å². The molecule has 1 aliphatic heterocycles. The zero-order valence-corrected chi connectivity index (χ0v) is 13.7. The van der Waals surface area contributed by atoms with Crippen LogP contribution in [0, 0.1) is 6.92 Å². The lowest BCUT2D eigenvalue weighted by atomic mass is 10.2. The lowest BCUT2D eigenvalue weighted by Crippen LogP contribution is -2.39. The van der Waals surface area contributed by atoms with Gasteiger partial charge in [0.25, 0.3) is 5.91 Å². The molecule has 0 atom stereocenters. The second kappa shape index (κ2) is 5.09. The minimum absolute atomic E-state index is 0.0689. The van der Waals surface area contributed by atoms with E-state index in [1.165, 1.54) is 0 Å². The maximum absolute atomic E-state index is 13.0. The van der Waals surface area contributed by atoms with E-state index in [1.54, 1.807) is 4.90 Å². The Balaban J connectivity index is 1.73. The first-order chi connectivity index (χ1) is 11.1. The van der Waals surface area contributed by atoms with Crippen molar-refractivity contribution in [2.24, 2.45) is 7.05 Å². The summed E-state index contributed by atoms with van der Waals surface area (Å²) in [6.07, 6.45) is 0. The van der Waals surface area contributed by atoms with Crippen molar-refractivity contribution < 1.29 is 4.79 Å². The average molecular weight is 330 g/mol. The number of benzene rings is 1. The number of nitrogens with zero attached hydrogens (tertiary/aromatic N) is 5. The normalized spacial score (nSPS) is 14.3. The van der Waals surface area contributed by atoms with Crippen LogP contribution in [0.5, 0.6) is 0 Å². The van der Waals surface area contributed by atoms with Gasteiger partial charge in [-0.2, -0.15) is 0 Å². The van der Waals surface area contributed by atoms with E-state index in [0.29, 0.717) is 30.4 Å². The first kappa shape index (κ1) is 14.3. The van der Waals surface area contributed by atoms with Gasteiger partial charge in [0.2, 0.25) is 0 Å². The van der Waals surface area contributed by atoms with Crippen LogP contribution in [0.4, 0.5) is 0 Å². The molecule has 7 heteroatoms. The molecule has 0 saturated heterocycles. The van der Waals surface area contributed by atoms with Gasteiger partial charge in [0, 0.05) is 31.0 Å². The number of amides is 1. The van der Waals surface area contributed by atoms with Crippen LogP contribution in [0.3, 0.4) is 0 Å². The zero-order chi connectivity index (χ0) is 16.1. The molecule has 0 aliphatic carbocycles. The number of carbonyl (C=O) groups is 1. The van der Waals surface area contributed by atoms with Gasteiger partial charge in [-0.3, -0.25) is 4.79 Å². The van der Waals surface area contributed by atoms with Crippen LogP contribution in [0.2, 0.25) is 5.02 Å². The van der Waals surface area contributed by atoms with Crippen LogP contribution < -0.4 is 0 Å². The molecule has 2 aromatic heterocycles. The first-order valence-corrected chi connectivity index (χ1v) is 7.86. The largest absolute Gasteiger partial charge is 0.338 e. The fraction of sp³-hybridized carbons (Fsp3) is 0.312. The van der Waals surface area contributed by atoms with Crippen molar-refractivity contribution in [2.75, 3.05) is 6.54 Å². The molecule has 3 aromatic rings. The van der Waals surface area contributed by atoms with E-state index in [4.69, 9.17) is 11.6 Å². The summed E-state index contributed by atoms with van der Waals surface area (Å²) in [6, 6.07) is 7.77. The van der Waals surface area contributed by atoms with Crippen LogP contribution >= 0.6 is 11.6 Å². The Morgan fingerprint density at radius 1 is 1.22 bits per heavy atom. The maximum atomic E-state index is 13.0. The topological polar surface area (TPSA) is 56.0 Å². The van der Waals surface area contributed by atoms with Gasteiger partial charge in [-0.05, 0) is 13.0 Å². The van der Waals surface area contributed by atoms with E-state index in [0.717, 1.165) is 22.6 Å². The predicted molar refractivity (Wildman–Crippen MR) is 87.4 cm³/mol. The van der Waals surface area contributed by atoms with E-state index in [1.807, 2.05) is 47.4 Å². The third-order valence-corrected chi connectivity index (χ3v) is 4.86. The number of halogens is 1. The van der Waals surface area contributed by atoms with Crippen LogP contribution in [0.15, 0.2) is 24.3 Å². The van der Waals surface area contributed by atoms with Gasteiger partial charge in [-0.1, -0.05) is 29.8 Å². The van der Waals surface area contributed by atoms with Crippen molar-refractivity contribution in [3.05, 3.63) is 46.6 Å². The molecular weight excluding hydrogens is 314 g/mol. The minimum atomic E-state index is -0.0689. The quantitative estimate of drug-likeness (QED) is 0.689. The Morgan fingerprint density at radius 3 is 2.78 bits per heavy atom. The van der Waals surface area contributed by atoms with Gasteiger partial charge in [0.15, 0.2) is 5.82 Å². The second-order valence-electron chi connectivity index (χ2n) is 5.78. The smallest absolute Gasteiger partial charge is 0.272 e. The summed E-state index contributed by atoms with van der Waals surface area (Å²) in [7, 11) is 1.87. The van der Waals surface area contributed by atoms with Crippen molar-refractivity contribution >= 4 is 28.4 Å². The van der Waals surface area contributed by atoms with E-state index in [2.05, 4.69) is 10.2 Å². The molecule has 23 heavy (non-hydrogen) atoms. The Bertz CT molecular complexity index is 887. The van der Waals surface area contributed by atoms with Gasteiger partial charge >= 0.3 is 0 Å².